The first-order valence-corrected chi connectivity index (χ1v) is 27.9. The van der Waals surface area contributed by atoms with Crippen molar-refractivity contribution in [2.24, 2.45) is 0 Å². The predicted octanol–water partition coefficient (Wildman–Crippen LogP) is 15.8. The number of esters is 1. The summed E-state index contributed by atoms with van der Waals surface area (Å²) in [5.41, 5.74) is 0. The van der Waals surface area contributed by atoms with Crippen molar-refractivity contribution >= 4 is 19.7 Å². The normalized spacial score (nSPS) is 13.7. The summed E-state index contributed by atoms with van der Waals surface area (Å²) < 4.78 is 27.0. The van der Waals surface area contributed by atoms with Gasteiger partial charge in [0.05, 0.1) is 13.2 Å². The van der Waals surface area contributed by atoms with Gasteiger partial charge in [-0.15, -0.1) is 0 Å². The average Bonchev–Trinajstić information content (AvgIpc) is 3.29. The van der Waals surface area contributed by atoms with Crippen molar-refractivity contribution in [3.05, 3.63) is 72.9 Å². The van der Waals surface area contributed by atoms with Crippen LogP contribution in [0, 0.1) is 0 Å². The van der Waals surface area contributed by atoms with Crippen LogP contribution in [0.3, 0.4) is 0 Å². The van der Waals surface area contributed by atoms with Gasteiger partial charge in [-0.2, -0.15) is 0 Å². The Morgan fingerprint density at radius 2 is 0.877 bits per heavy atom. The number of carbonyl (C=O) groups excluding carboxylic acids is 2. The van der Waals surface area contributed by atoms with E-state index >= 15 is 0 Å². The molecule has 0 aliphatic carbocycles. The SMILES string of the molecule is CC/C=C\C/C=C\C/C=C\C/C=C\C/C=C\CCCCCCCC(=O)OCC(O)COP(=O)(O)OCCNC(=O)CCCCCCCCCCCCCCC/C=C/CCCCCCCC. The largest absolute Gasteiger partial charge is 0.472 e. The van der Waals surface area contributed by atoms with E-state index in [4.69, 9.17) is 13.8 Å². The maximum absolute atomic E-state index is 12.2. The highest BCUT2D eigenvalue weighted by atomic mass is 31.2. The molecule has 0 aliphatic rings. The van der Waals surface area contributed by atoms with Crippen LogP contribution >= 0.6 is 7.82 Å². The molecule has 3 N–H and O–H groups in total. The lowest BCUT2D eigenvalue weighted by Crippen LogP contribution is -2.27. The molecule has 2 atom stereocenters. The molecule has 0 aromatic heterocycles. The molecule has 376 valence electrons. The Morgan fingerprint density at radius 3 is 1.34 bits per heavy atom. The molecule has 0 aromatic carbocycles. The number of ether oxygens (including phenoxy) is 1. The number of hydrogen-bond acceptors (Lipinski definition) is 7. The van der Waals surface area contributed by atoms with Crippen molar-refractivity contribution in [3.8, 4) is 0 Å². The minimum atomic E-state index is -4.43. The van der Waals surface area contributed by atoms with E-state index in [1.807, 2.05) is 0 Å². The first kappa shape index (κ1) is 62.4. The van der Waals surface area contributed by atoms with Crippen LogP contribution < -0.4 is 5.32 Å². The Morgan fingerprint density at radius 1 is 0.492 bits per heavy atom. The van der Waals surface area contributed by atoms with Crippen molar-refractivity contribution in [2.75, 3.05) is 26.4 Å². The van der Waals surface area contributed by atoms with Gasteiger partial charge in [0.1, 0.15) is 12.7 Å². The van der Waals surface area contributed by atoms with Crippen LogP contribution in [-0.4, -0.2) is 54.3 Å². The summed E-state index contributed by atoms with van der Waals surface area (Å²) in [6.07, 6.45) is 64.1. The van der Waals surface area contributed by atoms with Gasteiger partial charge in [0.25, 0.3) is 0 Å². The van der Waals surface area contributed by atoms with Gasteiger partial charge in [-0.3, -0.25) is 18.6 Å². The van der Waals surface area contributed by atoms with Gasteiger partial charge in [0.2, 0.25) is 5.91 Å². The van der Waals surface area contributed by atoms with Crippen molar-refractivity contribution < 1.29 is 37.9 Å². The Bertz CT molecular complexity index is 1290. The Kier molecular flexibility index (Phi) is 48.9. The minimum Gasteiger partial charge on any atom is -0.463 e. The standard InChI is InChI=1S/C55H98NO8P/c1-3-5-7-9-11-13-15-17-19-21-23-25-26-28-29-31-33-35-37-39-41-43-45-47-54(58)56-49-50-63-65(60,61)64-52-53(57)51-62-55(59)48-46-44-42-40-38-36-34-32-30-27-24-22-20-18-16-14-12-10-8-6-4-2/h6,8,12,14,17-20,24,27,32,34,53,57H,3-5,7,9-11,13,15-16,21-23,25-26,28-31,33,35-52H2,1-2H3,(H,56,58)(H,60,61)/b8-6-,14-12-,19-17+,20-18-,27-24-,34-32-. The monoisotopic (exact) mass is 932 g/mol. The number of unbranched alkanes of at least 4 members (excludes halogenated alkanes) is 24. The molecule has 0 spiro atoms. The number of amides is 1. The highest BCUT2D eigenvalue weighted by Gasteiger charge is 2.23. The van der Waals surface area contributed by atoms with Crippen molar-refractivity contribution in [2.45, 2.75) is 238 Å². The molecule has 0 rings (SSSR count). The Labute approximate surface area is 399 Å². The van der Waals surface area contributed by atoms with E-state index in [0.717, 1.165) is 83.5 Å². The van der Waals surface area contributed by atoms with E-state index in [9.17, 15) is 24.2 Å². The second kappa shape index (κ2) is 50.9. The molecule has 2 unspecified atom stereocenters. The zero-order chi connectivity index (χ0) is 47.4. The molecule has 10 heteroatoms. The van der Waals surface area contributed by atoms with Crippen LogP contribution in [0.25, 0.3) is 0 Å². The number of phosphoric acid groups is 1. The van der Waals surface area contributed by atoms with Crippen molar-refractivity contribution in [1.82, 2.24) is 5.32 Å². The Balaban J connectivity index is 3.58. The van der Waals surface area contributed by atoms with E-state index < -0.39 is 26.5 Å². The summed E-state index contributed by atoms with van der Waals surface area (Å²) in [5, 5.41) is 12.8. The molecule has 1 amide bonds. The number of aliphatic hydroxyl groups excluding tert-OH is 1. The molecule has 0 aromatic rings. The molecule has 0 aliphatic heterocycles. The molecular formula is C55H98NO8P. The fraction of sp³-hybridized carbons (Fsp3) is 0.745. The highest BCUT2D eigenvalue weighted by Crippen LogP contribution is 2.42. The van der Waals surface area contributed by atoms with Gasteiger partial charge in [-0.1, -0.05) is 209 Å². The zero-order valence-electron chi connectivity index (χ0n) is 41.7. The lowest BCUT2D eigenvalue weighted by atomic mass is 10.0. The number of nitrogens with one attached hydrogen (secondary N) is 1. The summed E-state index contributed by atoms with van der Waals surface area (Å²) in [6.45, 7) is 3.43. The quantitative estimate of drug-likeness (QED) is 0.0238. The first-order valence-electron chi connectivity index (χ1n) is 26.4. The number of aliphatic hydroxyl groups is 1. The topological polar surface area (TPSA) is 131 Å². The van der Waals surface area contributed by atoms with Crippen LogP contribution in [0.5, 0.6) is 0 Å². The number of allylic oxidation sites excluding steroid dienone is 12. The number of carbonyl (C=O) groups is 2. The number of hydrogen-bond donors (Lipinski definition) is 3. The van der Waals surface area contributed by atoms with E-state index in [2.05, 4.69) is 92.1 Å². The van der Waals surface area contributed by atoms with Crippen LogP contribution in [0.4, 0.5) is 0 Å². The van der Waals surface area contributed by atoms with E-state index in [1.165, 1.54) is 116 Å². The predicted molar refractivity (Wildman–Crippen MR) is 275 cm³/mol. The van der Waals surface area contributed by atoms with Gasteiger partial charge in [-0.05, 0) is 83.5 Å². The van der Waals surface area contributed by atoms with Gasteiger partial charge >= 0.3 is 13.8 Å². The molecule has 0 saturated carbocycles. The van der Waals surface area contributed by atoms with Crippen molar-refractivity contribution in [3.63, 3.8) is 0 Å². The second-order valence-corrected chi connectivity index (χ2v) is 18.9. The molecular weight excluding hydrogens is 834 g/mol. The summed E-state index contributed by atoms with van der Waals surface area (Å²) in [4.78, 5) is 34.1. The van der Waals surface area contributed by atoms with E-state index in [0.29, 0.717) is 12.8 Å². The van der Waals surface area contributed by atoms with Gasteiger partial charge < -0.3 is 20.1 Å². The summed E-state index contributed by atoms with van der Waals surface area (Å²) in [5.74, 6) is -0.534. The van der Waals surface area contributed by atoms with Crippen LogP contribution in [-0.2, 0) is 27.9 Å². The number of phosphoric ester groups is 1. The fourth-order valence-electron chi connectivity index (χ4n) is 7.17. The van der Waals surface area contributed by atoms with Gasteiger partial charge in [0.15, 0.2) is 0 Å². The Hall–Kier alpha value is -2.55. The summed E-state index contributed by atoms with van der Waals surface area (Å²) in [6, 6.07) is 0. The molecule has 0 fully saturated rings. The molecule has 0 radical (unpaired) electrons. The molecule has 0 saturated heterocycles. The maximum atomic E-state index is 12.2. The van der Waals surface area contributed by atoms with Gasteiger partial charge in [-0.25, -0.2) is 4.57 Å². The molecule has 9 nitrogen and oxygen atoms in total. The summed E-state index contributed by atoms with van der Waals surface area (Å²) >= 11 is 0. The smallest absolute Gasteiger partial charge is 0.463 e. The number of rotatable bonds is 49. The fourth-order valence-corrected chi connectivity index (χ4v) is 7.92. The van der Waals surface area contributed by atoms with Crippen LogP contribution in [0.15, 0.2) is 72.9 Å². The van der Waals surface area contributed by atoms with Gasteiger partial charge in [0, 0.05) is 19.4 Å². The third kappa shape index (κ3) is 52.3. The lowest BCUT2D eigenvalue weighted by molar-refractivity contribution is -0.147. The summed E-state index contributed by atoms with van der Waals surface area (Å²) in [7, 11) is -4.43. The minimum absolute atomic E-state index is 0.0773. The highest BCUT2D eigenvalue weighted by molar-refractivity contribution is 7.47. The third-order valence-electron chi connectivity index (χ3n) is 11.1. The lowest BCUT2D eigenvalue weighted by Gasteiger charge is -2.15. The second-order valence-electron chi connectivity index (χ2n) is 17.5. The maximum Gasteiger partial charge on any atom is 0.472 e. The molecule has 0 heterocycles. The van der Waals surface area contributed by atoms with Crippen molar-refractivity contribution in [1.29, 1.82) is 0 Å². The van der Waals surface area contributed by atoms with E-state index in [1.54, 1.807) is 0 Å². The zero-order valence-corrected chi connectivity index (χ0v) is 42.6. The van der Waals surface area contributed by atoms with E-state index in [-0.39, 0.29) is 32.1 Å². The van der Waals surface area contributed by atoms with Crippen LogP contribution in [0.1, 0.15) is 232 Å². The first-order chi connectivity index (χ1) is 31.8. The molecule has 65 heavy (non-hydrogen) atoms. The average molecular weight is 932 g/mol. The molecule has 0 bridgehead atoms. The van der Waals surface area contributed by atoms with Crippen LogP contribution in [0.2, 0.25) is 0 Å². The third-order valence-corrected chi connectivity index (χ3v) is 12.1.